The number of thiol groups is 1. The van der Waals surface area contributed by atoms with Crippen LogP contribution in [0.1, 0.15) is 52.4 Å². The molecule has 0 aliphatic carbocycles. The quantitative estimate of drug-likeness (QED) is 0.459. The van der Waals surface area contributed by atoms with Crippen LogP contribution in [0.2, 0.25) is 0 Å². The average Bonchev–Trinajstić information content (AvgIpc) is 2.75. The van der Waals surface area contributed by atoms with Gasteiger partial charge in [0, 0.05) is 0 Å². The van der Waals surface area contributed by atoms with E-state index < -0.39 is 0 Å². The zero-order valence-electron chi connectivity index (χ0n) is 10.2. The summed E-state index contributed by atoms with van der Waals surface area (Å²) in [6, 6.07) is 0. The third-order valence-electron chi connectivity index (χ3n) is 2.06. The molecule has 0 bridgehead atoms. The van der Waals surface area contributed by atoms with Gasteiger partial charge in [0.25, 0.3) is 5.22 Å². The van der Waals surface area contributed by atoms with Gasteiger partial charge in [-0.25, -0.2) is 0 Å². The summed E-state index contributed by atoms with van der Waals surface area (Å²) in [7, 11) is 0. The van der Waals surface area contributed by atoms with Crippen LogP contribution in [-0.4, -0.2) is 10.2 Å². The van der Waals surface area contributed by atoms with Crippen LogP contribution in [0.25, 0.3) is 0 Å². The van der Waals surface area contributed by atoms with E-state index in [4.69, 9.17) is 0 Å². The van der Waals surface area contributed by atoms with E-state index in [1.807, 2.05) is 0 Å². The molecule has 0 aliphatic heterocycles. The van der Waals surface area contributed by atoms with Crippen LogP contribution in [0.15, 0.2) is 28.2 Å². The molecule has 0 amide bonds. The Kier molecular flexibility index (Phi) is 11.7. The maximum absolute atomic E-state index is 4.48. The second-order valence-electron chi connectivity index (χ2n) is 3.49. The Hall–Kier alpha value is -0.770. The number of nitrogens with zero attached hydrogens (tertiary/aromatic N) is 2. The van der Waals surface area contributed by atoms with Gasteiger partial charge in [0.15, 0.2) is 0 Å². The first kappa shape index (κ1) is 15.2. The Bertz CT molecular complexity index is 248. The van der Waals surface area contributed by atoms with Gasteiger partial charge < -0.3 is 4.42 Å². The van der Waals surface area contributed by atoms with Crippen molar-refractivity contribution < 1.29 is 4.42 Å². The predicted molar refractivity (Wildman–Crippen MR) is 69.7 cm³/mol. The molecule has 0 saturated carbocycles. The molecule has 0 aliphatic rings. The first-order valence-corrected chi connectivity index (χ1v) is 6.32. The first-order valence-electron chi connectivity index (χ1n) is 5.87. The molecule has 0 saturated heterocycles. The molecule has 16 heavy (non-hydrogen) atoms. The van der Waals surface area contributed by atoms with E-state index in [0.29, 0.717) is 5.22 Å². The van der Waals surface area contributed by atoms with Crippen molar-refractivity contribution >= 4 is 12.6 Å². The highest BCUT2D eigenvalue weighted by Crippen LogP contribution is 2.04. The van der Waals surface area contributed by atoms with Crippen molar-refractivity contribution in [1.29, 1.82) is 0 Å². The minimum Gasteiger partial charge on any atom is -0.419 e. The molecule has 92 valence electrons. The molecule has 1 aromatic rings. The van der Waals surface area contributed by atoms with Crippen molar-refractivity contribution in [3.63, 3.8) is 0 Å². The van der Waals surface area contributed by atoms with E-state index >= 15 is 0 Å². The fourth-order valence-corrected chi connectivity index (χ4v) is 1.30. The highest BCUT2D eigenvalue weighted by Gasteiger charge is 1.85. The monoisotopic (exact) mass is 242 g/mol. The lowest BCUT2D eigenvalue weighted by molar-refractivity contribution is 0.455. The Labute approximate surface area is 104 Å². The molecule has 0 radical (unpaired) electrons. The van der Waals surface area contributed by atoms with E-state index in [1.54, 1.807) is 0 Å². The number of allylic oxidation sites excluding steroid dienone is 2. The fraction of sp³-hybridized carbons (Fsp3) is 0.667. The molecular weight excluding hydrogens is 220 g/mol. The third-order valence-corrected chi connectivity index (χ3v) is 2.25. The summed E-state index contributed by atoms with van der Waals surface area (Å²) in [5, 5.41) is 6.99. The molecule has 3 nitrogen and oxygen atoms in total. The van der Waals surface area contributed by atoms with Crippen LogP contribution in [0.5, 0.6) is 0 Å². The highest BCUT2D eigenvalue weighted by molar-refractivity contribution is 7.80. The smallest absolute Gasteiger partial charge is 0.273 e. The molecule has 0 spiro atoms. The minimum atomic E-state index is 0.301. The van der Waals surface area contributed by atoms with Gasteiger partial charge in [-0.05, 0) is 19.8 Å². The van der Waals surface area contributed by atoms with Gasteiger partial charge in [-0.1, -0.05) is 57.4 Å². The Morgan fingerprint density at radius 1 is 1.31 bits per heavy atom. The lowest BCUT2D eigenvalue weighted by Gasteiger charge is -1.95. The summed E-state index contributed by atoms with van der Waals surface area (Å²) in [6.45, 7) is 4.35. The number of rotatable bonds is 6. The Morgan fingerprint density at radius 3 is 2.50 bits per heavy atom. The van der Waals surface area contributed by atoms with Gasteiger partial charge in [-0.2, -0.15) is 0 Å². The third kappa shape index (κ3) is 11.3. The van der Waals surface area contributed by atoms with Crippen molar-refractivity contribution in [1.82, 2.24) is 10.2 Å². The van der Waals surface area contributed by atoms with E-state index in [9.17, 15) is 0 Å². The zero-order valence-corrected chi connectivity index (χ0v) is 11.1. The molecule has 4 heteroatoms. The topological polar surface area (TPSA) is 38.9 Å². The van der Waals surface area contributed by atoms with Gasteiger partial charge >= 0.3 is 0 Å². The maximum Gasteiger partial charge on any atom is 0.273 e. The van der Waals surface area contributed by atoms with Crippen molar-refractivity contribution in [2.75, 3.05) is 0 Å². The van der Waals surface area contributed by atoms with E-state index in [2.05, 4.69) is 53.2 Å². The van der Waals surface area contributed by atoms with Crippen LogP contribution >= 0.6 is 12.6 Å². The Morgan fingerprint density at radius 2 is 2.06 bits per heavy atom. The minimum absolute atomic E-state index is 0.301. The Balaban J connectivity index is 0.000000315. The van der Waals surface area contributed by atoms with Crippen molar-refractivity contribution in [3.05, 3.63) is 18.5 Å². The second-order valence-corrected chi connectivity index (χ2v) is 3.88. The summed E-state index contributed by atoms with van der Waals surface area (Å²) >= 11 is 3.70. The molecule has 1 heterocycles. The number of hydrogen-bond acceptors (Lipinski definition) is 4. The lowest BCUT2D eigenvalue weighted by atomic mass is 10.1. The first-order chi connectivity index (χ1) is 7.81. The normalized spacial score (nSPS) is 10.2. The molecular formula is C12H22N2OS. The van der Waals surface area contributed by atoms with Gasteiger partial charge in [0.1, 0.15) is 0 Å². The maximum atomic E-state index is 4.48. The van der Waals surface area contributed by atoms with Gasteiger partial charge in [-0.15, -0.1) is 10.2 Å². The molecule has 0 aromatic carbocycles. The molecule has 1 rings (SSSR count). The number of hydrogen-bond donors (Lipinski definition) is 1. The standard InChI is InChI=1S/C10H20.C2H2N2OS/c1-3-5-7-9-10-8-6-4-2;6-2-4-3-1-5-2/h3,5H,4,6-10H2,1-2H3;1H,(H,4,6). The van der Waals surface area contributed by atoms with Crippen LogP contribution in [-0.2, 0) is 0 Å². The zero-order chi connectivity index (χ0) is 12.1. The molecule has 0 unspecified atom stereocenters. The summed E-state index contributed by atoms with van der Waals surface area (Å²) in [5.41, 5.74) is 0. The summed E-state index contributed by atoms with van der Waals surface area (Å²) in [4.78, 5) is 0. The van der Waals surface area contributed by atoms with E-state index in [1.165, 1.54) is 44.9 Å². The van der Waals surface area contributed by atoms with Crippen molar-refractivity contribution in [2.45, 2.75) is 57.6 Å². The van der Waals surface area contributed by atoms with Crippen LogP contribution in [0, 0.1) is 0 Å². The number of unbranched alkanes of at least 4 members (excludes halogenated alkanes) is 5. The lowest BCUT2D eigenvalue weighted by Crippen LogP contribution is -1.75. The summed E-state index contributed by atoms with van der Waals surface area (Å²) < 4.78 is 4.48. The molecule has 0 atom stereocenters. The van der Waals surface area contributed by atoms with Gasteiger partial charge in [0.05, 0.1) is 0 Å². The molecule has 1 aromatic heterocycles. The van der Waals surface area contributed by atoms with Crippen LogP contribution < -0.4 is 0 Å². The molecule has 0 N–H and O–H groups in total. The molecule has 0 fully saturated rings. The SMILES string of the molecule is CC=CCCCCCCC.Sc1nnco1. The van der Waals surface area contributed by atoms with Crippen molar-refractivity contribution in [2.24, 2.45) is 0 Å². The largest absolute Gasteiger partial charge is 0.419 e. The average molecular weight is 242 g/mol. The van der Waals surface area contributed by atoms with Crippen LogP contribution in [0.4, 0.5) is 0 Å². The number of aromatic nitrogens is 2. The highest BCUT2D eigenvalue weighted by atomic mass is 32.1. The summed E-state index contributed by atoms with van der Waals surface area (Å²) in [5.74, 6) is 0. The van der Waals surface area contributed by atoms with Crippen LogP contribution in [0.3, 0.4) is 0 Å². The summed E-state index contributed by atoms with van der Waals surface area (Å²) in [6.07, 6.45) is 13.9. The van der Waals surface area contributed by atoms with E-state index in [-0.39, 0.29) is 0 Å². The van der Waals surface area contributed by atoms with E-state index in [0.717, 1.165) is 0 Å². The fourth-order valence-electron chi connectivity index (χ4n) is 1.20. The second kappa shape index (κ2) is 12.3. The van der Waals surface area contributed by atoms with Gasteiger partial charge in [-0.3, -0.25) is 0 Å². The van der Waals surface area contributed by atoms with Crippen molar-refractivity contribution in [3.8, 4) is 0 Å². The van der Waals surface area contributed by atoms with Gasteiger partial charge in [0.2, 0.25) is 6.39 Å². The predicted octanol–water partition coefficient (Wildman–Crippen LogP) is 4.28.